The molecule has 0 heterocycles. The molecule has 3 nitrogen and oxygen atoms in total. The lowest BCUT2D eigenvalue weighted by molar-refractivity contribution is 0.386. The topological polar surface area (TPSA) is 46.2 Å². The van der Waals surface area contributed by atoms with Crippen LogP contribution in [0.25, 0.3) is 11.1 Å². The van der Waals surface area contributed by atoms with Crippen LogP contribution in [0, 0.1) is 11.8 Å². The van der Waals surface area contributed by atoms with Crippen LogP contribution < -0.4 is 4.72 Å². The van der Waals surface area contributed by atoms with Gasteiger partial charge in [-0.3, -0.25) is 0 Å². The summed E-state index contributed by atoms with van der Waals surface area (Å²) in [6.07, 6.45) is 4.06. The molecule has 1 fully saturated rings. The molecule has 5 rings (SSSR count). The van der Waals surface area contributed by atoms with Gasteiger partial charge in [-0.15, -0.1) is 0 Å². The zero-order valence-corrected chi connectivity index (χ0v) is 17.1. The van der Waals surface area contributed by atoms with Gasteiger partial charge in [0, 0.05) is 6.04 Å². The summed E-state index contributed by atoms with van der Waals surface area (Å²) < 4.78 is 28.9. The summed E-state index contributed by atoms with van der Waals surface area (Å²) in [7, 11) is -3.49. The minimum absolute atomic E-state index is 0.00721. The van der Waals surface area contributed by atoms with Crippen LogP contribution in [-0.4, -0.2) is 14.5 Å². The van der Waals surface area contributed by atoms with E-state index in [-0.39, 0.29) is 6.04 Å². The minimum Gasteiger partial charge on any atom is -0.207 e. The number of benzene rings is 3. The second-order valence-electron chi connectivity index (χ2n) is 8.32. The average Bonchev–Trinajstić information content (AvgIpc) is 3.02. The number of rotatable bonds is 4. The van der Waals surface area contributed by atoms with Crippen molar-refractivity contribution in [3.8, 4) is 11.1 Å². The molecule has 1 N–H and O–H groups in total. The summed E-state index contributed by atoms with van der Waals surface area (Å²) in [6.45, 7) is 0. The highest BCUT2D eigenvalue weighted by atomic mass is 32.2. The molecule has 0 saturated heterocycles. The van der Waals surface area contributed by atoms with Crippen molar-refractivity contribution in [3.05, 3.63) is 90.0 Å². The molecule has 2 bridgehead atoms. The Hall–Kier alpha value is -2.43. The molecule has 4 heteroatoms. The van der Waals surface area contributed by atoms with E-state index in [9.17, 15) is 8.42 Å². The van der Waals surface area contributed by atoms with E-state index in [0.29, 0.717) is 16.7 Å². The SMILES string of the molecule is O=S(=O)(NC1C2CCC1Cc1cc(-c3ccccc3)ccc1C2)c1ccccc1. The molecule has 0 radical (unpaired) electrons. The van der Waals surface area contributed by atoms with E-state index in [0.717, 1.165) is 25.7 Å². The number of fused-ring (bicyclic) bond motifs is 3. The Bertz CT molecular complexity index is 1110. The van der Waals surface area contributed by atoms with E-state index in [2.05, 4.69) is 47.2 Å². The van der Waals surface area contributed by atoms with Gasteiger partial charge in [0.05, 0.1) is 4.90 Å². The predicted octanol–water partition coefficient (Wildman–Crippen LogP) is 4.83. The van der Waals surface area contributed by atoms with Crippen LogP contribution in [0.5, 0.6) is 0 Å². The summed E-state index contributed by atoms with van der Waals surface area (Å²) in [5.74, 6) is 0.716. The Balaban J connectivity index is 1.43. The maximum atomic E-state index is 12.9. The van der Waals surface area contributed by atoms with Gasteiger partial charge < -0.3 is 0 Å². The molecule has 2 aliphatic rings. The summed E-state index contributed by atoms with van der Waals surface area (Å²) in [5.41, 5.74) is 5.22. The Morgan fingerprint density at radius 1 is 0.690 bits per heavy atom. The zero-order chi connectivity index (χ0) is 19.8. The lowest BCUT2D eigenvalue weighted by atomic mass is 9.90. The summed E-state index contributed by atoms with van der Waals surface area (Å²) in [4.78, 5) is 0.354. The zero-order valence-electron chi connectivity index (χ0n) is 16.3. The Morgan fingerprint density at radius 3 is 2.00 bits per heavy atom. The minimum atomic E-state index is -3.49. The van der Waals surface area contributed by atoms with Gasteiger partial charge in [-0.1, -0.05) is 66.7 Å². The first-order chi connectivity index (χ1) is 14.1. The highest BCUT2D eigenvalue weighted by molar-refractivity contribution is 7.89. The van der Waals surface area contributed by atoms with Gasteiger partial charge in [0.15, 0.2) is 0 Å². The fourth-order valence-electron chi connectivity index (χ4n) is 5.06. The summed E-state index contributed by atoms with van der Waals surface area (Å²) >= 11 is 0. The van der Waals surface area contributed by atoms with Crippen LogP contribution in [0.3, 0.4) is 0 Å². The molecule has 148 valence electrons. The number of hydrogen-bond acceptors (Lipinski definition) is 2. The molecule has 0 spiro atoms. The second kappa shape index (κ2) is 7.43. The molecule has 1 saturated carbocycles. The molecule has 0 aliphatic heterocycles. The van der Waals surface area contributed by atoms with E-state index in [1.807, 2.05) is 12.1 Å². The van der Waals surface area contributed by atoms with Crippen LogP contribution in [0.4, 0.5) is 0 Å². The molecular weight excluding hydrogens is 378 g/mol. The van der Waals surface area contributed by atoms with Crippen molar-refractivity contribution < 1.29 is 8.42 Å². The Kier molecular flexibility index (Phi) is 4.76. The molecule has 3 aromatic carbocycles. The van der Waals surface area contributed by atoms with Crippen molar-refractivity contribution in [2.24, 2.45) is 11.8 Å². The molecule has 3 atom stereocenters. The quantitative estimate of drug-likeness (QED) is 0.678. The molecular formula is C25H25NO2S. The van der Waals surface area contributed by atoms with Crippen molar-refractivity contribution in [3.63, 3.8) is 0 Å². The predicted molar refractivity (Wildman–Crippen MR) is 116 cm³/mol. The van der Waals surface area contributed by atoms with Crippen LogP contribution in [0.2, 0.25) is 0 Å². The highest BCUT2D eigenvalue weighted by Gasteiger charge is 2.41. The van der Waals surface area contributed by atoms with E-state index in [4.69, 9.17) is 0 Å². The first kappa shape index (κ1) is 18.6. The van der Waals surface area contributed by atoms with Gasteiger partial charge in [-0.05, 0) is 71.9 Å². The monoisotopic (exact) mass is 403 g/mol. The Morgan fingerprint density at radius 2 is 1.31 bits per heavy atom. The number of hydrogen-bond donors (Lipinski definition) is 1. The van der Waals surface area contributed by atoms with Crippen LogP contribution in [-0.2, 0) is 22.9 Å². The van der Waals surface area contributed by atoms with Crippen LogP contribution >= 0.6 is 0 Å². The molecule has 3 aromatic rings. The lowest BCUT2D eigenvalue weighted by Gasteiger charge is -2.23. The number of sulfonamides is 1. The molecule has 2 aliphatic carbocycles. The Labute approximate surface area is 172 Å². The van der Waals surface area contributed by atoms with Crippen molar-refractivity contribution in [2.75, 3.05) is 0 Å². The molecule has 3 unspecified atom stereocenters. The van der Waals surface area contributed by atoms with Gasteiger partial charge >= 0.3 is 0 Å². The third-order valence-electron chi connectivity index (χ3n) is 6.55. The van der Waals surface area contributed by atoms with E-state index in [1.165, 1.54) is 22.3 Å². The fraction of sp³-hybridized carbons (Fsp3) is 0.280. The average molecular weight is 404 g/mol. The van der Waals surface area contributed by atoms with Crippen molar-refractivity contribution in [2.45, 2.75) is 36.6 Å². The maximum Gasteiger partial charge on any atom is 0.240 e. The smallest absolute Gasteiger partial charge is 0.207 e. The van der Waals surface area contributed by atoms with Gasteiger partial charge in [-0.2, -0.15) is 0 Å². The second-order valence-corrected chi connectivity index (χ2v) is 10.0. The van der Waals surface area contributed by atoms with Crippen molar-refractivity contribution >= 4 is 10.0 Å². The van der Waals surface area contributed by atoms with E-state index in [1.54, 1.807) is 24.3 Å². The summed E-state index contributed by atoms with van der Waals surface area (Å²) in [5, 5.41) is 0. The summed E-state index contributed by atoms with van der Waals surface area (Å²) in [6, 6.07) is 26.0. The van der Waals surface area contributed by atoms with Crippen molar-refractivity contribution in [1.29, 1.82) is 0 Å². The molecule has 0 amide bonds. The fourth-order valence-corrected chi connectivity index (χ4v) is 6.45. The first-order valence-corrected chi connectivity index (χ1v) is 11.8. The molecule has 29 heavy (non-hydrogen) atoms. The standard InChI is InChI=1S/C25H25NO2S/c27-29(28,24-9-5-2-6-10-24)26-25-21-13-14-22(25)17-23-16-19(11-12-20(23)15-21)18-7-3-1-4-8-18/h1-12,16,21-22,25-26H,13-15,17H2. The molecule has 0 aromatic heterocycles. The van der Waals surface area contributed by atoms with E-state index >= 15 is 0 Å². The van der Waals surface area contributed by atoms with Crippen LogP contribution in [0.1, 0.15) is 24.0 Å². The van der Waals surface area contributed by atoms with Gasteiger partial charge in [0.25, 0.3) is 0 Å². The lowest BCUT2D eigenvalue weighted by Crippen LogP contribution is -2.41. The van der Waals surface area contributed by atoms with E-state index < -0.39 is 10.0 Å². The largest absolute Gasteiger partial charge is 0.240 e. The first-order valence-electron chi connectivity index (χ1n) is 10.3. The normalized spacial score (nSPS) is 23.4. The van der Waals surface area contributed by atoms with Gasteiger partial charge in [0.2, 0.25) is 10.0 Å². The van der Waals surface area contributed by atoms with Crippen molar-refractivity contribution in [1.82, 2.24) is 4.72 Å². The third-order valence-corrected chi connectivity index (χ3v) is 8.02. The number of nitrogens with one attached hydrogen (secondary N) is 1. The third kappa shape index (κ3) is 3.63. The maximum absolute atomic E-state index is 12.9. The van der Waals surface area contributed by atoms with Gasteiger partial charge in [-0.25, -0.2) is 13.1 Å². The van der Waals surface area contributed by atoms with Crippen LogP contribution in [0.15, 0.2) is 83.8 Å². The van der Waals surface area contributed by atoms with Gasteiger partial charge in [0.1, 0.15) is 0 Å². The highest BCUT2D eigenvalue weighted by Crippen LogP contribution is 2.41.